The number of hydrogen-bond acceptors (Lipinski definition) is 1. The predicted molar refractivity (Wildman–Crippen MR) is 43.7 cm³/mol. The Balaban J connectivity index is 3.29. The molecule has 0 saturated carbocycles. The van der Waals surface area contributed by atoms with Gasteiger partial charge in [0.2, 0.25) is 5.95 Å². The van der Waals surface area contributed by atoms with Crippen molar-refractivity contribution in [3.8, 4) is 0 Å². The predicted octanol–water partition coefficient (Wildman–Crippen LogP) is 3.55. The lowest BCUT2D eigenvalue weighted by atomic mass is 10.2. The van der Waals surface area contributed by atoms with E-state index in [4.69, 9.17) is 23.2 Å². The molecule has 0 aliphatic heterocycles. The minimum absolute atomic E-state index is 0.0280. The van der Waals surface area contributed by atoms with Crippen LogP contribution in [0.4, 0.5) is 13.2 Å². The van der Waals surface area contributed by atoms with Crippen molar-refractivity contribution in [2.45, 2.75) is 12.3 Å². The summed E-state index contributed by atoms with van der Waals surface area (Å²) in [6, 6.07) is 0.633. The number of pyridine rings is 1. The zero-order chi connectivity index (χ0) is 10.0. The van der Waals surface area contributed by atoms with Crippen LogP contribution in [0, 0.1) is 5.95 Å². The lowest BCUT2D eigenvalue weighted by molar-refractivity contribution is 0.150. The molecule has 13 heavy (non-hydrogen) atoms. The van der Waals surface area contributed by atoms with Gasteiger partial charge < -0.3 is 0 Å². The van der Waals surface area contributed by atoms with Gasteiger partial charge in [-0.3, -0.25) is 0 Å². The zero-order valence-electron chi connectivity index (χ0n) is 6.20. The fraction of sp³-hybridized carbons (Fsp3) is 0.286. The summed E-state index contributed by atoms with van der Waals surface area (Å²) >= 11 is 10.8. The average Bonchev–Trinajstić information content (AvgIpc) is 2.02. The van der Waals surface area contributed by atoms with Crippen LogP contribution in [0.2, 0.25) is 5.15 Å². The Kier molecular flexibility index (Phi) is 3.39. The Bertz CT molecular complexity index is 317. The van der Waals surface area contributed by atoms with E-state index in [-0.39, 0.29) is 16.6 Å². The smallest absolute Gasteiger partial charge is 0.207 e. The highest BCUT2D eigenvalue weighted by Crippen LogP contribution is 2.28. The highest BCUT2D eigenvalue weighted by molar-refractivity contribution is 6.31. The van der Waals surface area contributed by atoms with Gasteiger partial charge in [0, 0.05) is 17.2 Å². The van der Waals surface area contributed by atoms with Crippen LogP contribution in [0.5, 0.6) is 0 Å². The summed E-state index contributed by atoms with van der Waals surface area (Å²) in [6.45, 7) is 0. The fourth-order valence-corrected chi connectivity index (χ4v) is 1.46. The van der Waals surface area contributed by atoms with Gasteiger partial charge in [0.25, 0.3) is 6.43 Å². The molecule has 1 nitrogen and oxygen atoms in total. The maximum atomic E-state index is 12.5. The first-order chi connectivity index (χ1) is 6.06. The Labute approximate surface area is 82.5 Å². The second-order valence-corrected chi connectivity index (χ2v) is 2.86. The molecule has 0 bridgehead atoms. The summed E-state index contributed by atoms with van der Waals surface area (Å²) in [5.41, 5.74) is -0.535. The molecule has 1 heterocycles. The van der Waals surface area contributed by atoms with Gasteiger partial charge in [0.15, 0.2) is 0 Å². The van der Waals surface area contributed by atoms with Gasteiger partial charge in [0.1, 0.15) is 5.15 Å². The van der Waals surface area contributed by atoms with Gasteiger partial charge in [0.05, 0.1) is 5.88 Å². The molecule has 1 aromatic heterocycles. The molecule has 0 radical (unpaired) electrons. The third-order valence-corrected chi connectivity index (χ3v) is 2.03. The number of hydrogen-bond donors (Lipinski definition) is 0. The minimum atomic E-state index is -2.80. The number of halogens is 5. The van der Waals surface area contributed by atoms with Crippen LogP contribution in [-0.2, 0) is 5.88 Å². The van der Waals surface area contributed by atoms with Crippen LogP contribution in [-0.4, -0.2) is 4.98 Å². The summed E-state index contributed by atoms with van der Waals surface area (Å²) < 4.78 is 37.1. The molecule has 0 aromatic carbocycles. The first-order valence-corrected chi connectivity index (χ1v) is 4.16. The van der Waals surface area contributed by atoms with Crippen molar-refractivity contribution < 1.29 is 13.2 Å². The van der Waals surface area contributed by atoms with Gasteiger partial charge in [-0.2, -0.15) is 4.39 Å². The molecule has 0 aliphatic carbocycles. The maximum absolute atomic E-state index is 12.5. The van der Waals surface area contributed by atoms with Gasteiger partial charge in [-0.05, 0) is 0 Å². The van der Waals surface area contributed by atoms with E-state index in [1.54, 1.807) is 0 Å². The molecule has 0 saturated heterocycles. The van der Waals surface area contributed by atoms with E-state index in [0.717, 1.165) is 0 Å². The molecule has 1 rings (SSSR count). The molecule has 0 N–H and O–H groups in total. The zero-order valence-corrected chi connectivity index (χ0v) is 7.71. The van der Waals surface area contributed by atoms with Gasteiger partial charge in [-0.25, -0.2) is 13.8 Å². The Morgan fingerprint density at radius 1 is 1.46 bits per heavy atom. The number of alkyl halides is 3. The summed E-state index contributed by atoms with van der Waals surface area (Å²) in [5, 5.41) is -0.315. The van der Waals surface area contributed by atoms with Crippen molar-refractivity contribution in [3.63, 3.8) is 0 Å². The second kappa shape index (κ2) is 4.15. The van der Waals surface area contributed by atoms with Crippen LogP contribution in [0.15, 0.2) is 6.07 Å². The molecular formula is C7H4Cl2F3N. The number of rotatable bonds is 2. The molecule has 72 valence electrons. The minimum Gasteiger partial charge on any atom is -0.207 e. The van der Waals surface area contributed by atoms with Gasteiger partial charge >= 0.3 is 0 Å². The number of aromatic nitrogens is 1. The number of nitrogens with zero attached hydrogens (tertiary/aromatic N) is 1. The van der Waals surface area contributed by atoms with Crippen molar-refractivity contribution >= 4 is 23.2 Å². The molecule has 0 unspecified atom stereocenters. The highest BCUT2D eigenvalue weighted by atomic mass is 35.5. The van der Waals surface area contributed by atoms with Crippen LogP contribution in [0.1, 0.15) is 17.6 Å². The van der Waals surface area contributed by atoms with Crippen LogP contribution in [0.25, 0.3) is 0 Å². The van der Waals surface area contributed by atoms with E-state index in [1.807, 2.05) is 0 Å². The van der Waals surface area contributed by atoms with Crippen molar-refractivity contribution in [2.75, 3.05) is 0 Å². The van der Waals surface area contributed by atoms with E-state index in [9.17, 15) is 13.2 Å². The Morgan fingerprint density at radius 2 is 2.08 bits per heavy atom. The third-order valence-electron chi connectivity index (χ3n) is 1.45. The quantitative estimate of drug-likeness (QED) is 0.559. The van der Waals surface area contributed by atoms with E-state index in [1.165, 1.54) is 0 Å². The largest absolute Gasteiger partial charge is 0.264 e. The van der Waals surface area contributed by atoms with E-state index in [2.05, 4.69) is 4.98 Å². The topological polar surface area (TPSA) is 12.9 Å². The second-order valence-electron chi connectivity index (χ2n) is 2.24. The summed E-state index contributed by atoms with van der Waals surface area (Å²) in [6.07, 6.45) is -2.80. The lowest BCUT2D eigenvalue weighted by Crippen LogP contribution is -1.98. The Hall–Kier alpha value is -0.480. The van der Waals surface area contributed by atoms with Gasteiger partial charge in [-0.15, -0.1) is 11.6 Å². The fourth-order valence-electron chi connectivity index (χ4n) is 0.855. The van der Waals surface area contributed by atoms with E-state index in [0.29, 0.717) is 6.07 Å². The van der Waals surface area contributed by atoms with Crippen molar-refractivity contribution in [3.05, 3.63) is 28.3 Å². The molecule has 0 spiro atoms. The summed E-state index contributed by atoms with van der Waals surface area (Å²) in [7, 11) is 0. The lowest BCUT2D eigenvalue weighted by Gasteiger charge is -2.06. The van der Waals surface area contributed by atoms with E-state index < -0.39 is 17.9 Å². The molecule has 0 aliphatic rings. The van der Waals surface area contributed by atoms with Crippen molar-refractivity contribution in [2.24, 2.45) is 0 Å². The molecule has 6 heteroatoms. The average molecular weight is 230 g/mol. The molecule has 0 amide bonds. The maximum Gasteiger partial charge on any atom is 0.264 e. The SMILES string of the molecule is Fc1cc(C(F)F)c(CCl)c(Cl)n1. The highest BCUT2D eigenvalue weighted by Gasteiger charge is 2.17. The summed E-state index contributed by atoms with van der Waals surface area (Å²) in [5.74, 6) is -1.25. The van der Waals surface area contributed by atoms with Crippen molar-refractivity contribution in [1.82, 2.24) is 4.98 Å². The molecule has 1 aromatic rings. The van der Waals surface area contributed by atoms with Gasteiger partial charge in [-0.1, -0.05) is 11.6 Å². The van der Waals surface area contributed by atoms with E-state index >= 15 is 0 Å². The summed E-state index contributed by atoms with van der Waals surface area (Å²) in [4.78, 5) is 3.17. The first-order valence-electron chi connectivity index (χ1n) is 3.25. The Morgan fingerprint density at radius 3 is 2.54 bits per heavy atom. The van der Waals surface area contributed by atoms with Crippen LogP contribution >= 0.6 is 23.2 Å². The molecular weight excluding hydrogens is 226 g/mol. The normalized spacial score (nSPS) is 10.9. The molecule has 0 atom stereocenters. The monoisotopic (exact) mass is 229 g/mol. The van der Waals surface area contributed by atoms with Crippen molar-refractivity contribution in [1.29, 1.82) is 0 Å². The molecule has 0 fully saturated rings. The standard InChI is InChI=1S/C7H4Cl2F3N/c8-2-4-3(7(11)12)1-5(10)13-6(4)9/h1,7H,2H2. The third kappa shape index (κ3) is 2.25. The van der Waals surface area contributed by atoms with Crippen LogP contribution in [0.3, 0.4) is 0 Å². The first kappa shape index (κ1) is 10.6. The van der Waals surface area contributed by atoms with Crippen LogP contribution < -0.4 is 0 Å².